The number of nitrogens with one attached hydrogen (secondary N) is 1. The molecule has 38 heavy (non-hydrogen) atoms. The highest BCUT2D eigenvalue weighted by atomic mass is 32.2. The fourth-order valence-corrected chi connectivity index (χ4v) is 6.42. The molecule has 10 heteroatoms. The van der Waals surface area contributed by atoms with E-state index in [4.69, 9.17) is 9.47 Å². The first-order valence-corrected chi connectivity index (χ1v) is 14.8. The van der Waals surface area contributed by atoms with E-state index in [9.17, 15) is 9.59 Å². The van der Waals surface area contributed by atoms with Crippen LogP contribution >= 0.6 is 23.1 Å². The largest absolute Gasteiger partial charge is 0.494 e. The molecule has 8 nitrogen and oxygen atoms in total. The van der Waals surface area contributed by atoms with Crippen LogP contribution in [0.4, 0.5) is 5.00 Å². The van der Waals surface area contributed by atoms with E-state index < -0.39 is 5.97 Å². The van der Waals surface area contributed by atoms with Crippen molar-refractivity contribution in [3.63, 3.8) is 0 Å². The number of carbonyl (C=O) groups is 2. The Labute approximate surface area is 231 Å². The van der Waals surface area contributed by atoms with E-state index in [1.54, 1.807) is 6.08 Å². The maximum Gasteiger partial charge on any atom is 0.341 e. The summed E-state index contributed by atoms with van der Waals surface area (Å²) < 4.78 is 12.7. The maximum atomic E-state index is 13.0. The molecule has 0 unspecified atom stereocenters. The Morgan fingerprint density at radius 1 is 1.18 bits per heavy atom. The number of carbonyl (C=O) groups excluding carboxylic acids is 2. The van der Waals surface area contributed by atoms with Gasteiger partial charge in [-0.05, 0) is 61.9 Å². The van der Waals surface area contributed by atoms with Crippen LogP contribution in [0.5, 0.6) is 5.75 Å². The van der Waals surface area contributed by atoms with E-state index in [-0.39, 0.29) is 11.7 Å². The monoisotopic (exact) mass is 554 g/mol. The number of methoxy groups -OCH3 is 1. The zero-order chi connectivity index (χ0) is 26.9. The molecule has 1 amide bonds. The minimum atomic E-state index is -0.399. The van der Waals surface area contributed by atoms with Crippen LogP contribution in [0.25, 0.3) is 11.4 Å². The van der Waals surface area contributed by atoms with Crippen molar-refractivity contribution in [3.8, 4) is 17.1 Å². The fraction of sp³-hybridized carbons (Fsp3) is 0.429. The minimum absolute atomic E-state index is 0.128. The summed E-state index contributed by atoms with van der Waals surface area (Å²) in [6, 6.07) is 7.78. The predicted octanol–water partition coefficient (Wildman–Crippen LogP) is 6.16. The number of amides is 1. The number of aryl methyl sites for hydroxylation is 1. The molecule has 2 aromatic heterocycles. The van der Waals surface area contributed by atoms with Gasteiger partial charge in [0.25, 0.3) is 0 Å². The number of allylic oxidation sites excluding steroid dienone is 1. The average Bonchev–Trinajstić information content (AvgIpc) is 3.39. The van der Waals surface area contributed by atoms with E-state index in [1.807, 2.05) is 28.8 Å². The number of ether oxygens (including phenoxy) is 2. The molecule has 3 aromatic rings. The summed E-state index contributed by atoms with van der Waals surface area (Å²) >= 11 is 2.79. The normalized spacial score (nSPS) is 12.9. The summed E-state index contributed by atoms with van der Waals surface area (Å²) in [5.74, 6) is 1.04. The van der Waals surface area contributed by atoms with Gasteiger partial charge in [-0.2, -0.15) is 0 Å². The van der Waals surface area contributed by atoms with Crippen molar-refractivity contribution in [2.75, 3.05) is 24.8 Å². The Hall–Kier alpha value is -3.11. The van der Waals surface area contributed by atoms with Crippen molar-refractivity contribution >= 4 is 40.0 Å². The van der Waals surface area contributed by atoms with Crippen molar-refractivity contribution in [3.05, 3.63) is 52.9 Å². The summed E-state index contributed by atoms with van der Waals surface area (Å²) in [5.41, 5.74) is 2.44. The molecule has 0 bridgehead atoms. The van der Waals surface area contributed by atoms with Gasteiger partial charge in [-0.25, -0.2) is 4.79 Å². The van der Waals surface area contributed by atoms with Crippen LogP contribution in [0.3, 0.4) is 0 Å². The highest BCUT2D eigenvalue weighted by Gasteiger charge is 2.26. The van der Waals surface area contributed by atoms with Crippen molar-refractivity contribution in [1.29, 1.82) is 0 Å². The van der Waals surface area contributed by atoms with E-state index in [1.165, 1.54) is 35.1 Å². The minimum Gasteiger partial charge on any atom is -0.494 e. The fourth-order valence-electron chi connectivity index (χ4n) is 4.38. The van der Waals surface area contributed by atoms with E-state index in [2.05, 4.69) is 29.0 Å². The van der Waals surface area contributed by atoms with Gasteiger partial charge in [0, 0.05) is 17.0 Å². The van der Waals surface area contributed by atoms with Gasteiger partial charge in [-0.15, -0.1) is 28.1 Å². The topological polar surface area (TPSA) is 95.3 Å². The standard InChI is InChI=1S/C28H34N4O4S2/c1-4-6-17-36-20-14-12-19(13-15-20)25-30-31-28(32(25)16-5-2)37-18-23(33)29-26-24(27(34)35-3)21-10-8-7-9-11-22(21)38-26/h5,12-15H,2,4,6-11,16-18H2,1,3H3,(H,29,33). The molecule has 4 rings (SSSR count). The molecule has 0 radical (unpaired) electrons. The van der Waals surface area contributed by atoms with Crippen LogP contribution in [-0.4, -0.2) is 46.1 Å². The number of thiophene rings is 1. The maximum absolute atomic E-state index is 13.0. The van der Waals surface area contributed by atoms with Gasteiger partial charge in [-0.1, -0.05) is 37.6 Å². The smallest absolute Gasteiger partial charge is 0.341 e. The van der Waals surface area contributed by atoms with Crippen LogP contribution in [0.1, 0.15) is 59.8 Å². The quantitative estimate of drug-likeness (QED) is 0.0942. The lowest BCUT2D eigenvalue weighted by Gasteiger charge is -2.10. The number of rotatable bonds is 12. The van der Waals surface area contributed by atoms with Crippen molar-refractivity contribution in [1.82, 2.24) is 14.8 Å². The van der Waals surface area contributed by atoms with Gasteiger partial charge in [0.2, 0.25) is 5.91 Å². The second kappa shape index (κ2) is 13.6. The van der Waals surface area contributed by atoms with Crippen molar-refractivity contribution < 1.29 is 19.1 Å². The number of fused-ring (bicyclic) bond motifs is 1. The first kappa shape index (κ1) is 27.9. The molecule has 202 valence electrons. The summed E-state index contributed by atoms with van der Waals surface area (Å²) in [4.78, 5) is 26.7. The molecular weight excluding hydrogens is 520 g/mol. The molecule has 2 heterocycles. The average molecular weight is 555 g/mol. The first-order chi connectivity index (χ1) is 18.5. The Morgan fingerprint density at radius 2 is 1.97 bits per heavy atom. The number of nitrogens with zero attached hydrogens (tertiary/aromatic N) is 3. The SMILES string of the molecule is C=CCn1c(SCC(=O)Nc2sc3c(c2C(=O)OC)CCCCC3)nnc1-c1ccc(OCCCC)cc1. The summed E-state index contributed by atoms with van der Waals surface area (Å²) in [6.45, 7) is 7.20. The number of unbranched alkanes of at least 4 members (excludes halogenated alkanes) is 1. The van der Waals surface area contributed by atoms with Crippen LogP contribution in [0, 0.1) is 0 Å². The molecule has 0 saturated carbocycles. The van der Waals surface area contributed by atoms with Crippen LogP contribution < -0.4 is 10.1 Å². The highest BCUT2D eigenvalue weighted by Crippen LogP contribution is 2.38. The summed E-state index contributed by atoms with van der Waals surface area (Å²) in [6.07, 6.45) is 8.91. The Morgan fingerprint density at radius 3 is 2.71 bits per heavy atom. The Bertz CT molecular complexity index is 1270. The van der Waals surface area contributed by atoms with Gasteiger partial charge in [0.15, 0.2) is 11.0 Å². The first-order valence-electron chi connectivity index (χ1n) is 13.0. The highest BCUT2D eigenvalue weighted by molar-refractivity contribution is 7.99. The number of esters is 1. The zero-order valence-corrected chi connectivity index (χ0v) is 23.6. The third kappa shape index (κ3) is 6.66. The molecule has 1 N–H and O–H groups in total. The predicted molar refractivity (Wildman–Crippen MR) is 152 cm³/mol. The van der Waals surface area contributed by atoms with Crippen LogP contribution in [0.15, 0.2) is 42.1 Å². The van der Waals surface area contributed by atoms with Crippen molar-refractivity contribution in [2.45, 2.75) is 63.6 Å². The molecular formula is C28H34N4O4S2. The third-order valence-electron chi connectivity index (χ3n) is 6.30. The summed E-state index contributed by atoms with van der Waals surface area (Å²) in [5, 5.41) is 12.9. The second-order valence-electron chi connectivity index (χ2n) is 9.03. The number of thioether (sulfide) groups is 1. The van der Waals surface area contributed by atoms with E-state index >= 15 is 0 Å². The second-order valence-corrected chi connectivity index (χ2v) is 11.1. The number of hydrogen-bond acceptors (Lipinski definition) is 8. The molecule has 0 fully saturated rings. The summed E-state index contributed by atoms with van der Waals surface area (Å²) in [7, 11) is 1.38. The van der Waals surface area contributed by atoms with Crippen LogP contribution in [0.2, 0.25) is 0 Å². The van der Waals surface area contributed by atoms with Gasteiger partial charge < -0.3 is 14.8 Å². The molecule has 0 atom stereocenters. The molecule has 0 spiro atoms. The number of benzene rings is 1. The van der Waals surface area contributed by atoms with Gasteiger partial charge in [0.05, 0.1) is 25.0 Å². The third-order valence-corrected chi connectivity index (χ3v) is 8.48. The number of hydrogen-bond donors (Lipinski definition) is 1. The lowest BCUT2D eigenvalue weighted by atomic mass is 10.1. The molecule has 1 aromatic carbocycles. The van der Waals surface area contributed by atoms with Gasteiger partial charge >= 0.3 is 5.97 Å². The van der Waals surface area contributed by atoms with Crippen molar-refractivity contribution in [2.24, 2.45) is 0 Å². The zero-order valence-electron chi connectivity index (χ0n) is 22.0. The number of aromatic nitrogens is 3. The molecule has 1 aliphatic rings. The Balaban J connectivity index is 1.45. The number of anilines is 1. The van der Waals surface area contributed by atoms with Gasteiger partial charge in [-0.3, -0.25) is 9.36 Å². The molecule has 1 aliphatic carbocycles. The van der Waals surface area contributed by atoms with Gasteiger partial charge in [0.1, 0.15) is 10.8 Å². The Kier molecular flexibility index (Phi) is 10.0. The lowest BCUT2D eigenvalue weighted by molar-refractivity contribution is -0.113. The van der Waals surface area contributed by atoms with E-state index in [0.717, 1.165) is 61.8 Å². The lowest BCUT2D eigenvalue weighted by Crippen LogP contribution is -2.16. The van der Waals surface area contributed by atoms with Crippen LogP contribution in [-0.2, 0) is 28.9 Å². The van der Waals surface area contributed by atoms with E-state index in [0.29, 0.717) is 34.7 Å². The molecule has 0 saturated heterocycles. The molecule has 0 aliphatic heterocycles.